The van der Waals surface area contributed by atoms with Crippen LogP contribution in [0.1, 0.15) is 5.69 Å². The minimum Gasteiger partial charge on any atom is -0.487 e. The Hall–Kier alpha value is -2.86. The number of non-ortho nitro benzene ring substituents is 1. The molecule has 0 aliphatic rings. The third-order valence-electron chi connectivity index (χ3n) is 3.04. The Morgan fingerprint density at radius 2 is 2.04 bits per heavy atom. The highest BCUT2D eigenvalue weighted by molar-refractivity contribution is 6.30. The van der Waals surface area contributed by atoms with E-state index < -0.39 is 4.92 Å². The molecule has 3 aromatic rings. The Balaban J connectivity index is 1.73. The minimum atomic E-state index is -0.463. The van der Waals surface area contributed by atoms with E-state index in [-0.39, 0.29) is 12.3 Å². The van der Waals surface area contributed by atoms with Crippen LogP contribution >= 0.6 is 11.6 Å². The zero-order chi connectivity index (χ0) is 16.2. The van der Waals surface area contributed by atoms with Crippen molar-refractivity contribution in [3.8, 4) is 17.2 Å². The second kappa shape index (κ2) is 6.50. The lowest BCUT2D eigenvalue weighted by Crippen LogP contribution is -1.95. The summed E-state index contributed by atoms with van der Waals surface area (Å²) in [4.78, 5) is 14.6. The Morgan fingerprint density at radius 3 is 2.83 bits per heavy atom. The molecule has 0 aliphatic carbocycles. The molecule has 3 rings (SSSR count). The maximum absolute atomic E-state index is 10.8. The second-order valence-electron chi connectivity index (χ2n) is 4.70. The van der Waals surface area contributed by atoms with Crippen LogP contribution in [0.2, 0.25) is 5.02 Å². The summed E-state index contributed by atoms with van der Waals surface area (Å²) in [7, 11) is 0. The molecule has 0 aliphatic heterocycles. The molecule has 0 bridgehead atoms. The van der Waals surface area contributed by atoms with Crippen LogP contribution in [-0.4, -0.2) is 9.91 Å². The van der Waals surface area contributed by atoms with Crippen molar-refractivity contribution in [1.29, 1.82) is 0 Å². The Bertz CT molecular complexity index is 847. The van der Waals surface area contributed by atoms with Crippen LogP contribution in [0.15, 0.2) is 59.2 Å². The van der Waals surface area contributed by atoms with Crippen LogP contribution in [-0.2, 0) is 6.61 Å². The SMILES string of the molecule is O=[N+]([O-])c1cccc(-c2nc(COc3cccc(Cl)c3)co2)c1. The number of halogens is 1. The maximum Gasteiger partial charge on any atom is 0.270 e. The molecule has 23 heavy (non-hydrogen) atoms. The van der Waals surface area contributed by atoms with Crippen molar-refractivity contribution in [3.63, 3.8) is 0 Å². The predicted octanol–water partition coefficient (Wildman–Crippen LogP) is 4.48. The van der Waals surface area contributed by atoms with Gasteiger partial charge in [-0.1, -0.05) is 23.7 Å². The number of hydrogen-bond donors (Lipinski definition) is 0. The Morgan fingerprint density at radius 1 is 1.22 bits per heavy atom. The second-order valence-corrected chi connectivity index (χ2v) is 5.13. The average molecular weight is 331 g/mol. The molecule has 7 heteroatoms. The fourth-order valence-corrected chi connectivity index (χ4v) is 2.15. The van der Waals surface area contributed by atoms with Gasteiger partial charge in [-0.25, -0.2) is 4.98 Å². The van der Waals surface area contributed by atoms with Gasteiger partial charge in [0.05, 0.1) is 4.92 Å². The van der Waals surface area contributed by atoms with E-state index in [1.807, 2.05) is 0 Å². The van der Waals surface area contributed by atoms with Crippen molar-refractivity contribution in [2.75, 3.05) is 0 Å². The van der Waals surface area contributed by atoms with Crippen LogP contribution in [0.4, 0.5) is 5.69 Å². The first-order chi connectivity index (χ1) is 11.1. The van der Waals surface area contributed by atoms with Gasteiger partial charge in [-0.2, -0.15) is 0 Å². The standard InChI is InChI=1S/C16H11ClN2O4/c17-12-4-2-6-15(8-12)22-9-13-10-23-16(18-13)11-3-1-5-14(7-11)19(20)21/h1-8,10H,9H2. The van der Waals surface area contributed by atoms with Gasteiger partial charge in [-0.15, -0.1) is 0 Å². The van der Waals surface area contributed by atoms with E-state index in [1.165, 1.54) is 18.4 Å². The highest BCUT2D eigenvalue weighted by Gasteiger charge is 2.12. The molecule has 0 amide bonds. The normalized spacial score (nSPS) is 10.5. The summed E-state index contributed by atoms with van der Waals surface area (Å²) in [5.41, 5.74) is 1.09. The van der Waals surface area contributed by atoms with Crippen LogP contribution in [0, 0.1) is 10.1 Å². The van der Waals surface area contributed by atoms with Gasteiger partial charge < -0.3 is 9.15 Å². The minimum absolute atomic E-state index is 0.0163. The van der Waals surface area contributed by atoms with Crippen molar-refractivity contribution in [2.24, 2.45) is 0 Å². The molecule has 0 unspecified atom stereocenters. The van der Waals surface area contributed by atoms with Gasteiger partial charge in [0.2, 0.25) is 5.89 Å². The van der Waals surface area contributed by atoms with E-state index in [1.54, 1.807) is 36.4 Å². The molecular weight excluding hydrogens is 320 g/mol. The number of rotatable bonds is 5. The molecule has 0 N–H and O–H groups in total. The van der Waals surface area contributed by atoms with Crippen molar-refractivity contribution in [2.45, 2.75) is 6.61 Å². The molecule has 6 nitrogen and oxygen atoms in total. The number of nitro groups is 1. The summed E-state index contributed by atoms with van der Waals surface area (Å²) in [5, 5.41) is 11.4. The number of benzene rings is 2. The first-order valence-corrected chi connectivity index (χ1v) is 7.07. The number of hydrogen-bond acceptors (Lipinski definition) is 5. The van der Waals surface area contributed by atoms with Crippen LogP contribution in [0.3, 0.4) is 0 Å². The summed E-state index contributed by atoms with van der Waals surface area (Å²) in [5.74, 6) is 0.927. The molecule has 0 saturated carbocycles. The van der Waals surface area contributed by atoms with Crippen LogP contribution in [0.25, 0.3) is 11.5 Å². The third kappa shape index (κ3) is 3.67. The molecule has 116 valence electrons. The zero-order valence-electron chi connectivity index (χ0n) is 11.8. The number of nitro benzene ring substituents is 1. The van der Waals surface area contributed by atoms with Gasteiger partial charge in [0.15, 0.2) is 0 Å². The molecule has 0 saturated heterocycles. The molecule has 1 aromatic heterocycles. The molecule has 0 radical (unpaired) electrons. The van der Waals surface area contributed by atoms with Gasteiger partial charge in [0, 0.05) is 22.7 Å². The largest absolute Gasteiger partial charge is 0.487 e. The van der Waals surface area contributed by atoms with Gasteiger partial charge >= 0.3 is 0 Å². The van der Waals surface area contributed by atoms with Gasteiger partial charge in [0.1, 0.15) is 24.3 Å². The Labute approximate surface area is 136 Å². The van der Waals surface area contributed by atoms with E-state index in [9.17, 15) is 10.1 Å². The smallest absolute Gasteiger partial charge is 0.270 e. The van der Waals surface area contributed by atoms with Gasteiger partial charge in [-0.05, 0) is 24.3 Å². The van der Waals surface area contributed by atoms with E-state index in [0.717, 1.165) is 0 Å². The molecule has 0 atom stereocenters. The first kappa shape index (κ1) is 15.1. The van der Waals surface area contributed by atoms with Crippen molar-refractivity contribution >= 4 is 17.3 Å². The number of nitrogens with zero attached hydrogens (tertiary/aromatic N) is 2. The first-order valence-electron chi connectivity index (χ1n) is 6.69. The quantitative estimate of drug-likeness (QED) is 0.509. The summed E-state index contributed by atoms with van der Waals surface area (Å²) < 4.78 is 10.9. The van der Waals surface area contributed by atoms with Gasteiger partial charge in [0.25, 0.3) is 5.69 Å². The Kier molecular flexibility index (Phi) is 4.25. The summed E-state index contributed by atoms with van der Waals surface area (Å²) in [6.07, 6.45) is 1.46. The van der Waals surface area contributed by atoms with Crippen LogP contribution in [0.5, 0.6) is 5.75 Å². The monoisotopic (exact) mass is 330 g/mol. The summed E-state index contributed by atoms with van der Waals surface area (Å²) in [6, 6.07) is 13.1. The lowest BCUT2D eigenvalue weighted by molar-refractivity contribution is -0.384. The molecule has 1 heterocycles. The number of oxazole rings is 1. The maximum atomic E-state index is 10.8. The highest BCUT2D eigenvalue weighted by Crippen LogP contribution is 2.24. The lowest BCUT2D eigenvalue weighted by atomic mass is 10.2. The van der Waals surface area contributed by atoms with Crippen molar-refractivity contribution in [1.82, 2.24) is 4.98 Å². The zero-order valence-corrected chi connectivity index (χ0v) is 12.6. The molecule has 0 fully saturated rings. The predicted molar refractivity (Wildman–Crippen MR) is 84.4 cm³/mol. The van der Waals surface area contributed by atoms with E-state index in [2.05, 4.69) is 4.98 Å². The average Bonchev–Trinajstić information content (AvgIpc) is 3.02. The number of aromatic nitrogens is 1. The molecular formula is C16H11ClN2O4. The summed E-state index contributed by atoms with van der Waals surface area (Å²) >= 11 is 5.88. The third-order valence-corrected chi connectivity index (χ3v) is 3.27. The number of ether oxygens (including phenoxy) is 1. The fourth-order valence-electron chi connectivity index (χ4n) is 1.97. The molecule has 2 aromatic carbocycles. The van der Waals surface area contributed by atoms with E-state index in [4.69, 9.17) is 20.8 Å². The fraction of sp³-hybridized carbons (Fsp3) is 0.0625. The topological polar surface area (TPSA) is 78.4 Å². The molecule has 0 spiro atoms. The van der Waals surface area contributed by atoms with Crippen molar-refractivity contribution in [3.05, 3.63) is 75.6 Å². The summed E-state index contributed by atoms with van der Waals surface area (Å²) in [6.45, 7) is 0.207. The van der Waals surface area contributed by atoms with Gasteiger partial charge in [-0.3, -0.25) is 10.1 Å². The van der Waals surface area contributed by atoms with E-state index >= 15 is 0 Å². The van der Waals surface area contributed by atoms with Crippen molar-refractivity contribution < 1.29 is 14.1 Å². The highest BCUT2D eigenvalue weighted by atomic mass is 35.5. The van der Waals surface area contributed by atoms with Crippen LogP contribution < -0.4 is 4.74 Å². The van der Waals surface area contributed by atoms with E-state index in [0.29, 0.717) is 27.9 Å². The lowest BCUT2D eigenvalue weighted by Gasteiger charge is -2.03.